The first kappa shape index (κ1) is 12.7. The van der Waals surface area contributed by atoms with Gasteiger partial charge in [0.1, 0.15) is 0 Å². The smallest absolute Gasteiger partial charge is 0.0125 e. The van der Waals surface area contributed by atoms with Crippen LogP contribution >= 0.6 is 34.1 Å². The molecule has 0 N–H and O–H groups in total. The molecule has 1 saturated carbocycles. The summed E-state index contributed by atoms with van der Waals surface area (Å²) < 4.78 is 0. The third-order valence-corrected chi connectivity index (χ3v) is 2.09. The van der Waals surface area contributed by atoms with Gasteiger partial charge in [-0.05, 0) is 27.7 Å². The van der Waals surface area contributed by atoms with Crippen LogP contribution in [-0.2, 0) is 0 Å². The third-order valence-electron chi connectivity index (χ3n) is 1.57. The van der Waals surface area contributed by atoms with Crippen molar-refractivity contribution in [3.8, 4) is 0 Å². The van der Waals surface area contributed by atoms with Crippen molar-refractivity contribution in [3.63, 3.8) is 0 Å². The van der Waals surface area contributed by atoms with Crippen LogP contribution in [-0.4, -0.2) is 5.66 Å². The maximum atomic E-state index is 4.36. The maximum absolute atomic E-state index is 4.36. The van der Waals surface area contributed by atoms with Gasteiger partial charge in [0, 0.05) is 0 Å². The van der Waals surface area contributed by atoms with E-state index in [1.165, 1.54) is 32.1 Å². The quantitative estimate of drug-likeness (QED) is 0.508. The van der Waals surface area contributed by atoms with Crippen molar-refractivity contribution in [2.45, 2.75) is 37.8 Å². The van der Waals surface area contributed by atoms with Crippen LogP contribution < -0.4 is 0 Å². The molecule has 1 aliphatic carbocycles. The molecule has 0 saturated heterocycles. The summed E-state index contributed by atoms with van der Waals surface area (Å²) in [7, 11) is 4.36. The van der Waals surface area contributed by atoms with Gasteiger partial charge in [0.15, 0.2) is 0 Å². The molecule has 3 heteroatoms. The second-order valence-corrected chi connectivity index (χ2v) is 3.02. The SMILES string of the molecule is Cl.Cl.[P]C1CCCCC1. The van der Waals surface area contributed by atoms with Crippen LogP contribution in [0.5, 0.6) is 0 Å². The largest absolute Gasteiger partial charge is 0.147 e. The summed E-state index contributed by atoms with van der Waals surface area (Å²) in [6.07, 6.45) is 6.96. The summed E-state index contributed by atoms with van der Waals surface area (Å²) in [5.41, 5.74) is 0.730. The van der Waals surface area contributed by atoms with Gasteiger partial charge < -0.3 is 0 Å². The van der Waals surface area contributed by atoms with Crippen LogP contribution in [0.2, 0.25) is 0 Å². The Kier molecular flexibility index (Phi) is 10.0. The van der Waals surface area contributed by atoms with Crippen LogP contribution in [0.3, 0.4) is 0 Å². The maximum Gasteiger partial charge on any atom is -0.0125 e. The summed E-state index contributed by atoms with van der Waals surface area (Å²) in [5, 5.41) is 0. The summed E-state index contributed by atoms with van der Waals surface area (Å²) >= 11 is 0. The molecule has 0 bridgehead atoms. The van der Waals surface area contributed by atoms with E-state index in [0.717, 1.165) is 5.66 Å². The second kappa shape index (κ2) is 7.12. The van der Waals surface area contributed by atoms with E-state index in [2.05, 4.69) is 9.24 Å². The summed E-state index contributed by atoms with van der Waals surface area (Å²) in [4.78, 5) is 0. The number of rotatable bonds is 0. The van der Waals surface area contributed by atoms with E-state index in [4.69, 9.17) is 0 Å². The molecule has 0 aromatic carbocycles. The molecule has 0 nitrogen and oxygen atoms in total. The zero-order chi connectivity index (χ0) is 5.11. The van der Waals surface area contributed by atoms with Gasteiger partial charge in [-0.2, -0.15) is 0 Å². The fourth-order valence-electron chi connectivity index (χ4n) is 1.08. The molecule has 56 valence electrons. The van der Waals surface area contributed by atoms with Crippen molar-refractivity contribution in [2.75, 3.05) is 0 Å². The molecule has 0 aromatic heterocycles. The fraction of sp³-hybridized carbons (Fsp3) is 1.00. The van der Waals surface area contributed by atoms with E-state index in [1.54, 1.807) is 0 Å². The molecule has 1 rings (SSSR count). The topological polar surface area (TPSA) is 0 Å². The predicted octanol–water partition coefficient (Wildman–Crippen LogP) is 3.57. The van der Waals surface area contributed by atoms with Crippen molar-refractivity contribution in [2.24, 2.45) is 0 Å². The van der Waals surface area contributed by atoms with Gasteiger partial charge in [-0.3, -0.25) is 0 Å². The van der Waals surface area contributed by atoms with Gasteiger partial charge in [0.25, 0.3) is 0 Å². The lowest BCUT2D eigenvalue weighted by molar-refractivity contribution is 0.516. The molecule has 0 aliphatic heterocycles. The lowest BCUT2D eigenvalue weighted by atomic mass is 10.0. The second-order valence-electron chi connectivity index (χ2n) is 2.29. The molecular formula is C6H13Cl2P. The lowest BCUT2D eigenvalue weighted by Crippen LogP contribution is -2.02. The Morgan fingerprint density at radius 1 is 0.889 bits per heavy atom. The fourth-order valence-corrected chi connectivity index (χ4v) is 1.45. The molecular weight excluding hydrogens is 174 g/mol. The Morgan fingerprint density at radius 2 is 1.33 bits per heavy atom. The van der Waals surface area contributed by atoms with E-state index in [9.17, 15) is 0 Å². The Labute approximate surface area is 72.2 Å². The number of halogens is 2. The van der Waals surface area contributed by atoms with Gasteiger partial charge >= 0.3 is 0 Å². The molecule has 0 aromatic rings. The highest BCUT2D eigenvalue weighted by Gasteiger charge is 2.06. The molecule has 0 amide bonds. The standard InChI is InChI=1S/C6H11P.2ClH/c7-6-4-2-1-3-5-6;;/h6H,1-5H2;2*1H. The van der Waals surface area contributed by atoms with Gasteiger partial charge in [0.2, 0.25) is 0 Å². The number of hydrogen-bond acceptors (Lipinski definition) is 0. The van der Waals surface area contributed by atoms with Crippen LogP contribution in [0.15, 0.2) is 0 Å². The normalized spacial score (nSPS) is 19.7. The van der Waals surface area contributed by atoms with Crippen molar-refractivity contribution in [1.29, 1.82) is 0 Å². The molecule has 0 spiro atoms. The molecule has 9 heavy (non-hydrogen) atoms. The molecule has 0 unspecified atom stereocenters. The Hall–Kier alpha value is 1.01. The zero-order valence-electron chi connectivity index (χ0n) is 5.38. The summed E-state index contributed by atoms with van der Waals surface area (Å²) in [5.74, 6) is 0. The van der Waals surface area contributed by atoms with Crippen LogP contribution in [0, 0.1) is 0 Å². The number of hydrogen-bond donors (Lipinski definition) is 0. The van der Waals surface area contributed by atoms with Gasteiger partial charge in [-0.25, -0.2) is 0 Å². The molecule has 0 heterocycles. The first-order valence-electron chi connectivity index (χ1n) is 3.07. The molecule has 1 fully saturated rings. The molecule has 2 radical (unpaired) electrons. The van der Waals surface area contributed by atoms with E-state index in [1.807, 2.05) is 0 Å². The van der Waals surface area contributed by atoms with Crippen LogP contribution in [0.25, 0.3) is 0 Å². The van der Waals surface area contributed by atoms with E-state index < -0.39 is 0 Å². The van der Waals surface area contributed by atoms with E-state index in [0.29, 0.717) is 0 Å². The minimum Gasteiger partial charge on any atom is -0.147 e. The Bertz CT molecular complexity index is 53.0. The highest BCUT2D eigenvalue weighted by molar-refractivity contribution is 7.17. The highest BCUT2D eigenvalue weighted by atomic mass is 35.5. The van der Waals surface area contributed by atoms with Crippen LogP contribution in [0.4, 0.5) is 0 Å². The van der Waals surface area contributed by atoms with Crippen molar-refractivity contribution in [3.05, 3.63) is 0 Å². The first-order valence-corrected chi connectivity index (χ1v) is 3.59. The van der Waals surface area contributed by atoms with Crippen LogP contribution in [0.1, 0.15) is 32.1 Å². The van der Waals surface area contributed by atoms with Crippen molar-refractivity contribution < 1.29 is 0 Å². The molecule has 0 atom stereocenters. The van der Waals surface area contributed by atoms with Gasteiger partial charge in [-0.1, -0.05) is 19.3 Å². The predicted molar refractivity (Wildman–Crippen MR) is 48.3 cm³/mol. The highest BCUT2D eigenvalue weighted by Crippen LogP contribution is 2.23. The monoisotopic (exact) mass is 186 g/mol. The van der Waals surface area contributed by atoms with Crippen molar-refractivity contribution >= 4 is 34.1 Å². The summed E-state index contributed by atoms with van der Waals surface area (Å²) in [6, 6.07) is 0. The minimum absolute atomic E-state index is 0. The minimum atomic E-state index is 0. The summed E-state index contributed by atoms with van der Waals surface area (Å²) in [6.45, 7) is 0. The van der Waals surface area contributed by atoms with Gasteiger partial charge in [-0.15, -0.1) is 24.8 Å². The third kappa shape index (κ3) is 5.45. The van der Waals surface area contributed by atoms with Crippen molar-refractivity contribution in [1.82, 2.24) is 0 Å². The Morgan fingerprint density at radius 3 is 1.56 bits per heavy atom. The average molecular weight is 187 g/mol. The lowest BCUT2D eigenvalue weighted by Gasteiger charge is -2.14. The average Bonchev–Trinajstić information content (AvgIpc) is 1.69. The molecule has 1 aliphatic rings. The van der Waals surface area contributed by atoms with E-state index in [-0.39, 0.29) is 24.8 Å². The van der Waals surface area contributed by atoms with Gasteiger partial charge in [0.05, 0.1) is 0 Å². The van der Waals surface area contributed by atoms with E-state index >= 15 is 0 Å². The first-order chi connectivity index (χ1) is 3.39. The zero-order valence-corrected chi connectivity index (χ0v) is 7.90. The Balaban J connectivity index is 0.